The number of rotatable bonds is 15. The minimum Gasteiger partial charge on any atom is -0.493 e. The lowest BCUT2D eigenvalue weighted by Gasteiger charge is -2.15. The maximum atomic E-state index is 13.3. The zero-order chi connectivity index (χ0) is 33.4. The van der Waals surface area contributed by atoms with E-state index in [4.69, 9.17) is 28.7 Å². The average Bonchev–Trinajstić information content (AvgIpc) is 3.48. The molecule has 13 nitrogen and oxygen atoms in total. The number of nitrogens with zero attached hydrogens (tertiary/aromatic N) is 3. The topological polar surface area (TPSA) is 163 Å². The van der Waals surface area contributed by atoms with E-state index in [0.29, 0.717) is 70.7 Å². The van der Waals surface area contributed by atoms with Gasteiger partial charge in [-0.2, -0.15) is 0 Å². The normalized spacial score (nSPS) is 11.3. The van der Waals surface area contributed by atoms with Gasteiger partial charge in [0, 0.05) is 10.9 Å². The summed E-state index contributed by atoms with van der Waals surface area (Å²) in [6, 6.07) is 20.0. The van der Waals surface area contributed by atoms with Gasteiger partial charge in [-0.1, -0.05) is 36.4 Å². The van der Waals surface area contributed by atoms with E-state index in [9.17, 15) is 18.4 Å². The van der Waals surface area contributed by atoms with E-state index in [2.05, 4.69) is 9.79 Å². The summed E-state index contributed by atoms with van der Waals surface area (Å²) >= 11 is 0. The summed E-state index contributed by atoms with van der Waals surface area (Å²) in [6.45, 7) is 0.297. The monoisotopic (exact) mass is 663 g/mol. The second-order valence-corrected chi connectivity index (χ2v) is 12.1. The van der Waals surface area contributed by atoms with Crippen LogP contribution in [-0.4, -0.2) is 59.1 Å². The van der Waals surface area contributed by atoms with Crippen LogP contribution < -0.4 is 23.9 Å². The van der Waals surface area contributed by atoms with Crippen LogP contribution in [-0.2, 0) is 14.6 Å². The number of pyridine rings is 1. The van der Waals surface area contributed by atoms with Gasteiger partial charge in [-0.15, -0.1) is 0 Å². The Labute approximate surface area is 271 Å². The molecule has 0 aliphatic carbocycles. The van der Waals surface area contributed by atoms with Crippen molar-refractivity contribution >= 4 is 26.7 Å². The number of fused-ring (bicyclic) bond motifs is 1. The van der Waals surface area contributed by atoms with Crippen molar-refractivity contribution in [2.45, 2.75) is 35.6 Å². The van der Waals surface area contributed by atoms with Gasteiger partial charge in [0.2, 0.25) is 5.75 Å². The smallest absolute Gasteiger partial charge is 0.414 e. The highest BCUT2D eigenvalue weighted by Gasteiger charge is 2.35. The molecule has 246 valence electrons. The Kier molecular flexibility index (Phi) is 10.4. The number of ether oxygens (including phenoxy) is 5. The molecule has 14 heteroatoms. The molecule has 0 aliphatic rings. The second kappa shape index (κ2) is 14.8. The van der Waals surface area contributed by atoms with Crippen LogP contribution >= 0.6 is 0 Å². The van der Waals surface area contributed by atoms with E-state index in [1.807, 2.05) is 24.3 Å². The molecule has 47 heavy (non-hydrogen) atoms. The molecule has 0 saturated carbocycles. The third kappa shape index (κ3) is 7.22. The summed E-state index contributed by atoms with van der Waals surface area (Å²) in [5, 5.41) is 15.5. The summed E-state index contributed by atoms with van der Waals surface area (Å²) in [5.74, 6) is 0.483. The highest BCUT2D eigenvalue weighted by atomic mass is 32.2. The zero-order valence-corrected chi connectivity index (χ0v) is 26.8. The van der Waals surface area contributed by atoms with Gasteiger partial charge in [-0.05, 0) is 67.0 Å². The molecular formula is C33H33N3O10S. The quantitative estimate of drug-likeness (QED) is 0.0821. The maximum absolute atomic E-state index is 13.3. The van der Waals surface area contributed by atoms with E-state index in [1.54, 1.807) is 36.4 Å². The molecule has 0 spiro atoms. The van der Waals surface area contributed by atoms with Crippen LogP contribution in [0.1, 0.15) is 36.0 Å². The predicted octanol–water partition coefficient (Wildman–Crippen LogP) is 5.18. The number of methoxy groups -OCH3 is 3. The van der Waals surface area contributed by atoms with E-state index >= 15 is 0 Å². The number of hydrogen-bond donors (Lipinski definition) is 0. The van der Waals surface area contributed by atoms with Gasteiger partial charge in [0.15, 0.2) is 11.5 Å². The standard InChI is InChI=1S/C33H33N3O10S/c1-41-28-19-22(20-29(42-2)30(28)43-3)27-21-25(24-15-9-10-16-26(24)34-27)33(37)45-18-12-5-4-11-17-44-31-32(36(38)46-35-31)47(39,40)23-13-7-6-8-14-23/h6-10,13-16,19-21H,4-5,11-12,17-18H2,1-3H3. The van der Waals surface area contributed by atoms with Crippen molar-refractivity contribution in [3.8, 4) is 34.4 Å². The third-order valence-corrected chi connectivity index (χ3v) is 8.99. The number of carbonyl (C=O) groups is 1. The fourth-order valence-corrected chi connectivity index (χ4v) is 6.23. The molecule has 0 unspecified atom stereocenters. The number of benzene rings is 3. The number of esters is 1. The molecule has 0 fully saturated rings. The van der Waals surface area contributed by atoms with Crippen LogP contribution in [0.25, 0.3) is 22.2 Å². The Hall–Kier alpha value is -5.37. The van der Waals surface area contributed by atoms with Crippen molar-refractivity contribution < 1.29 is 46.4 Å². The number of hydrogen-bond acceptors (Lipinski definition) is 12. The Morgan fingerprint density at radius 1 is 0.851 bits per heavy atom. The molecule has 0 aliphatic heterocycles. The van der Waals surface area contributed by atoms with Gasteiger partial charge >= 0.3 is 16.9 Å². The lowest BCUT2D eigenvalue weighted by molar-refractivity contribution is -0.832. The Morgan fingerprint density at radius 3 is 2.19 bits per heavy atom. The fraction of sp³-hybridized carbons (Fsp3) is 0.273. The summed E-state index contributed by atoms with van der Waals surface area (Å²) in [4.78, 5) is 17.8. The largest absolute Gasteiger partial charge is 0.493 e. The summed E-state index contributed by atoms with van der Waals surface area (Å²) in [6.07, 6.45) is 2.53. The van der Waals surface area contributed by atoms with Crippen LogP contribution in [0.2, 0.25) is 0 Å². The highest BCUT2D eigenvalue weighted by Crippen LogP contribution is 2.41. The number of sulfone groups is 1. The molecule has 5 rings (SSSR count). The minimum atomic E-state index is -4.18. The Morgan fingerprint density at radius 2 is 1.51 bits per heavy atom. The van der Waals surface area contributed by atoms with Crippen LogP contribution in [0.3, 0.4) is 0 Å². The molecule has 0 radical (unpaired) electrons. The highest BCUT2D eigenvalue weighted by molar-refractivity contribution is 7.91. The Bertz CT molecular complexity index is 1940. The molecule has 0 saturated heterocycles. The van der Waals surface area contributed by atoms with Crippen LogP contribution in [0.4, 0.5) is 0 Å². The molecule has 3 aromatic carbocycles. The first kappa shape index (κ1) is 33.0. The molecule has 0 bridgehead atoms. The van der Waals surface area contributed by atoms with Crippen molar-refractivity contribution in [2.75, 3.05) is 34.5 Å². The Balaban J connectivity index is 1.17. The first-order valence-corrected chi connectivity index (χ1v) is 16.2. The first-order chi connectivity index (χ1) is 22.8. The predicted molar refractivity (Wildman–Crippen MR) is 168 cm³/mol. The lowest BCUT2D eigenvalue weighted by atomic mass is 10.0. The van der Waals surface area contributed by atoms with Gasteiger partial charge in [0.25, 0.3) is 9.84 Å². The average molecular weight is 664 g/mol. The number of carbonyl (C=O) groups excluding carboxylic acids is 1. The van der Waals surface area contributed by atoms with E-state index in [1.165, 1.54) is 33.5 Å². The van der Waals surface area contributed by atoms with Gasteiger partial charge in [0.05, 0.1) is 61.4 Å². The lowest BCUT2D eigenvalue weighted by Crippen LogP contribution is -2.30. The van der Waals surface area contributed by atoms with Gasteiger partial charge < -0.3 is 28.9 Å². The van der Waals surface area contributed by atoms with Crippen molar-refractivity contribution in [2.24, 2.45) is 0 Å². The maximum Gasteiger partial charge on any atom is 0.414 e. The van der Waals surface area contributed by atoms with Crippen molar-refractivity contribution in [1.82, 2.24) is 10.1 Å². The van der Waals surface area contributed by atoms with Crippen LogP contribution in [0.5, 0.6) is 23.1 Å². The summed E-state index contributed by atoms with van der Waals surface area (Å²) < 4.78 is 57.8. The first-order valence-electron chi connectivity index (χ1n) is 14.7. The molecule has 5 aromatic rings. The molecule has 2 heterocycles. The third-order valence-electron chi connectivity index (χ3n) is 7.26. The summed E-state index contributed by atoms with van der Waals surface area (Å²) in [5.41, 5.74) is 2.20. The SMILES string of the molecule is COc1cc(-c2cc(C(=O)OCCCCCCOc3no[n+]([O-])c3S(=O)(=O)c3ccccc3)c3ccccc3n2)cc(OC)c1OC. The van der Waals surface area contributed by atoms with E-state index < -0.39 is 26.7 Å². The fourth-order valence-electron chi connectivity index (χ4n) is 4.93. The van der Waals surface area contributed by atoms with Gasteiger partial charge in [-0.3, -0.25) is 4.63 Å². The van der Waals surface area contributed by atoms with Crippen molar-refractivity contribution in [1.29, 1.82) is 0 Å². The number of para-hydroxylation sites is 1. The summed E-state index contributed by atoms with van der Waals surface area (Å²) in [7, 11) is 0.394. The molecule has 0 atom stereocenters. The molecule has 2 aromatic heterocycles. The van der Waals surface area contributed by atoms with E-state index in [0.717, 1.165) is 0 Å². The van der Waals surface area contributed by atoms with E-state index in [-0.39, 0.29) is 23.0 Å². The number of unbranched alkanes of at least 4 members (excludes halogenated alkanes) is 3. The van der Waals surface area contributed by atoms with Crippen LogP contribution in [0.15, 0.2) is 87.3 Å². The zero-order valence-electron chi connectivity index (χ0n) is 26.0. The van der Waals surface area contributed by atoms with Crippen molar-refractivity contribution in [3.05, 3.63) is 83.6 Å². The molecular weight excluding hydrogens is 630 g/mol. The second-order valence-electron chi connectivity index (χ2n) is 10.2. The minimum absolute atomic E-state index is 0.0793. The van der Waals surface area contributed by atoms with Crippen LogP contribution in [0, 0.1) is 5.21 Å². The van der Waals surface area contributed by atoms with Gasteiger partial charge in [0.1, 0.15) is 0 Å². The molecule has 0 N–H and O–H groups in total. The molecule has 0 amide bonds. The van der Waals surface area contributed by atoms with Crippen molar-refractivity contribution in [3.63, 3.8) is 0 Å². The van der Waals surface area contributed by atoms with Gasteiger partial charge in [-0.25, -0.2) is 18.2 Å². The number of aromatic nitrogens is 3.